The summed E-state index contributed by atoms with van der Waals surface area (Å²) in [6.07, 6.45) is 5.23. The van der Waals surface area contributed by atoms with Gasteiger partial charge in [-0.05, 0) is 43.2 Å². The molecule has 2 saturated carbocycles. The van der Waals surface area contributed by atoms with Crippen LogP contribution in [0.4, 0.5) is 11.4 Å². The number of hydrogen-bond donors (Lipinski definition) is 1. The summed E-state index contributed by atoms with van der Waals surface area (Å²) in [5.74, 6) is -0.340. The van der Waals surface area contributed by atoms with Crippen LogP contribution in [-0.2, 0) is 15.6 Å². The van der Waals surface area contributed by atoms with Crippen LogP contribution in [0.3, 0.4) is 0 Å². The molecule has 0 radical (unpaired) electrons. The van der Waals surface area contributed by atoms with E-state index < -0.39 is 15.3 Å². The fourth-order valence-electron chi connectivity index (χ4n) is 4.01. The standard InChI is InChI=1S/C11H12N2O3.C11H10N2O2.CH4.H2/c12-10(14)11(6-1-7-11)8-2-4-9(5-3-8)13(15)16;12-8-11(6-1-7-11)9-2-4-10(5-3-9)13(14)15;;/h2-5H,1,6-7H2,(H2,12,14);2-5H,1,6-7H2;1H4;1H/i;;;1+1. The van der Waals surface area contributed by atoms with E-state index in [0.717, 1.165) is 49.7 Å². The Kier molecular flexibility index (Phi) is 7.31. The number of nitro groups is 2. The molecular formula is C23H28N4O5. The molecule has 2 fully saturated rings. The molecular weight excluding hydrogens is 412 g/mol. The predicted octanol–water partition coefficient (Wildman–Crippen LogP) is 4.92. The van der Waals surface area contributed by atoms with Gasteiger partial charge in [0.15, 0.2) is 0 Å². The number of rotatable bonds is 5. The van der Waals surface area contributed by atoms with Crippen LogP contribution in [0.1, 0.15) is 58.5 Å². The Labute approximate surface area is 187 Å². The molecule has 0 saturated heterocycles. The minimum Gasteiger partial charge on any atom is -0.369 e. The lowest BCUT2D eigenvalue weighted by atomic mass is 9.64. The number of nitrogens with zero attached hydrogens (tertiary/aromatic N) is 3. The van der Waals surface area contributed by atoms with Crippen LogP contribution in [0.15, 0.2) is 48.5 Å². The lowest BCUT2D eigenvalue weighted by Crippen LogP contribution is -2.46. The second-order valence-electron chi connectivity index (χ2n) is 7.96. The van der Waals surface area contributed by atoms with E-state index >= 15 is 0 Å². The second kappa shape index (κ2) is 9.56. The third-order valence-electron chi connectivity index (χ3n) is 6.36. The maximum absolute atomic E-state index is 11.4. The molecule has 170 valence electrons. The molecule has 9 nitrogen and oxygen atoms in total. The topological polar surface area (TPSA) is 153 Å². The van der Waals surface area contributed by atoms with Crippen LogP contribution >= 0.6 is 0 Å². The Hall–Kier alpha value is -3.80. The number of benzene rings is 2. The van der Waals surface area contributed by atoms with Crippen molar-refractivity contribution in [3.05, 3.63) is 79.9 Å². The van der Waals surface area contributed by atoms with Crippen molar-refractivity contribution >= 4 is 17.3 Å². The third-order valence-corrected chi connectivity index (χ3v) is 6.36. The number of amides is 1. The molecule has 0 atom stereocenters. The minimum atomic E-state index is -0.588. The number of carbonyl (C=O) groups excluding carboxylic acids is 1. The quantitative estimate of drug-likeness (QED) is 0.513. The highest BCUT2D eigenvalue weighted by atomic mass is 16.6. The largest absolute Gasteiger partial charge is 0.369 e. The molecule has 1 amide bonds. The van der Waals surface area contributed by atoms with Crippen LogP contribution < -0.4 is 5.73 Å². The van der Waals surface area contributed by atoms with E-state index in [-0.39, 0.29) is 31.6 Å². The zero-order valence-electron chi connectivity index (χ0n) is 16.8. The summed E-state index contributed by atoms with van der Waals surface area (Å²) in [5, 5.41) is 30.0. The average Bonchev–Trinajstić information content (AvgIpc) is 2.68. The molecule has 2 aliphatic rings. The molecule has 2 aromatic carbocycles. The van der Waals surface area contributed by atoms with E-state index in [1.807, 2.05) is 0 Å². The van der Waals surface area contributed by atoms with Gasteiger partial charge in [-0.15, -0.1) is 0 Å². The highest BCUT2D eigenvalue weighted by molar-refractivity contribution is 5.87. The Bertz CT molecular complexity index is 1040. The number of nitro benzene ring substituents is 2. The Balaban J connectivity index is 0.000000312. The minimum absolute atomic E-state index is 0. The van der Waals surface area contributed by atoms with Gasteiger partial charge < -0.3 is 5.73 Å². The Morgan fingerprint density at radius 3 is 1.53 bits per heavy atom. The molecule has 2 aromatic rings. The fourth-order valence-corrected chi connectivity index (χ4v) is 4.01. The first-order valence-electron chi connectivity index (χ1n) is 9.95. The summed E-state index contributed by atoms with van der Waals surface area (Å²) >= 11 is 0. The molecule has 2 aliphatic carbocycles. The monoisotopic (exact) mass is 441 g/mol. The maximum atomic E-state index is 11.4. The van der Waals surface area contributed by atoms with E-state index in [4.69, 9.17) is 11.0 Å². The third kappa shape index (κ3) is 4.44. The van der Waals surface area contributed by atoms with Gasteiger partial charge in [0.1, 0.15) is 0 Å². The van der Waals surface area contributed by atoms with Crippen LogP contribution in [0.5, 0.6) is 0 Å². The number of primary amides is 1. The van der Waals surface area contributed by atoms with Crippen molar-refractivity contribution in [1.29, 1.82) is 5.26 Å². The molecule has 0 aromatic heterocycles. The highest BCUT2D eigenvalue weighted by Gasteiger charge is 2.44. The van der Waals surface area contributed by atoms with E-state index in [1.165, 1.54) is 24.3 Å². The summed E-state index contributed by atoms with van der Waals surface area (Å²) in [7, 11) is 0. The molecule has 0 aliphatic heterocycles. The van der Waals surface area contributed by atoms with Gasteiger partial charge in [-0.25, -0.2) is 0 Å². The molecule has 0 bridgehead atoms. The SMILES string of the molecule is C.N#CC1(c2ccc([N+](=O)[O-])cc2)CCC1.NC(=O)C1(c2ccc([N+](=O)[O-])cc2)CCC1.[2HH]. The maximum Gasteiger partial charge on any atom is 0.269 e. The number of non-ortho nitro benzene ring substituents is 2. The van der Waals surface area contributed by atoms with Gasteiger partial charge in [-0.1, -0.05) is 38.1 Å². The van der Waals surface area contributed by atoms with E-state index in [9.17, 15) is 25.0 Å². The van der Waals surface area contributed by atoms with Gasteiger partial charge in [-0.2, -0.15) is 5.26 Å². The average molecular weight is 442 g/mol. The van der Waals surface area contributed by atoms with Crippen molar-refractivity contribution in [3.63, 3.8) is 0 Å². The second-order valence-corrected chi connectivity index (χ2v) is 7.96. The van der Waals surface area contributed by atoms with Crippen LogP contribution in [0, 0.1) is 31.6 Å². The molecule has 32 heavy (non-hydrogen) atoms. The van der Waals surface area contributed by atoms with E-state index in [1.54, 1.807) is 24.3 Å². The first kappa shape index (κ1) is 24.5. The van der Waals surface area contributed by atoms with Gasteiger partial charge in [0.25, 0.3) is 11.4 Å². The van der Waals surface area contributed by atoms with Gasteiger partial charge in [0.05, 0.1) is 26.7 Å². The molecule has 4 rings (SSSR count). The molecule has 0 unspecified atom stereocenters. The van der Waals surface area contributed by atoms with Gasteiger partial charge in [-0.3, -0.25) is 25.0 Å². The fraction of sp³-hybridized carbons (Fsp3) is 0.391. The van der Waals surface area contributed by atoms with Crippen LogP contribution in [-0.4, -0.2) is 15.8 Å². The number of hydrogen-bond acceptors (Lipinski definition) is 6. The highest BCUT2D eigenvalue weighted by Crippen LogP contribution is 2.44. The Morgan fingerprint density at radius 2 is 1.28 bits per heavy atom. The summed E-state index contributed by atoms with van der Waals surface area (Å²) in [6, 6.07) is 14.7. The van der Waals surface area contributed by atoms with E-state index in [0.29, 0.717) is 0 Å². The lowest BCUT2D eigenvalue weighted by Gasteiger charge is -2.39. The zero-order valence-corrected chi connectivity index (χ0v) is 16.8. The van der Waals surface area contributed by atoms with Gasteiger partial charge in [0, 0.05) is 25.7 Å². The first-order chi connectivity index (χ1) is 14.7. The first-order valence-corrected chi connectivity index (χ1v) is 9.95. The molecule has 0 spiro atoms. The summed E-state index contributed by atoms with van der Waals surface area (Å²) in [4.78, 5) is 31.5. The van der Waals surface area contributed by atoms with Crippen LogP contribution in [0.25, 0.3) is 0 Å². The van der Waals surface area contributed by atoms with Crippen molar-refractivity contribution in [1.82, 2.24) is 0 Å². The van der Waals surface area contributed by atoms with Crippen molar-refractivity contribution in [3.8, 4) is 6.07 Å². The molecule has 2 N–H and O–H groups in total. The Morgan fingerprint density at radius 1 is 0.875 bits per heavy atom. The van der Waals surface area contributed by atoms with Crippen molar-refractivity contribution in [2.45, 2.75) is 56.8 Å². The molecule has 0 heterocycles. The number of nitriles is 1. The lowest BCUT2D eigenvalue weighted by molar-refractivity contribution is -0.385. The smallest absolute Gasteiger partial charge is 0.269 e. The van der Waals surface area contributed by atoms with E-state index in [2.05, 4.69) is 6.07 Å². The normalized spacial score (nSPS) is 17.0. The summed E-state index contributed by atoms with van der Waals surface area (Å²) in [6.45, 7) is 0. The van der Waals surface area contributed by atoms with Crippen molar-refractivity contribution in [2.75, 3.05) is 0 Å². The van der Waals surface area contributed by atoms with Crippen molar-refractivity contribution in [2.24, 2.45) is 5.73 Å². The molecule has 9 heteroatoms. The van der Waals surface area contributed by atoms with Crippen molar-refractivity contribution < 1.29 is 16.1 Å². The summed E-state index contributed by atoms with van der Waals surface area (Å²) < 4.78 is 0. The predicted molar refractivity (Wildman–Crippen MR) is 121 cm³/mol. The number of carbonyl (C=O) groups is 1. The summed E-state index contributed by atoms with van der Waals surface area (Å²) in [5.41, 5.74) is 6.22. The number of nitrogens with two attached hydrogens (primary N) is 1. The zero-order chi connectivity index (χ0) is 22.6. The van der Waals surface area contributed by atoms with Gasteiger partial charge in [0.2, 0.25) is 5.91 Å². The van der Waals surface area contributed by atoms with Gasteiger partial charge >= 0.3 is 0 Å². The van der Waals surface area contributed by atoms with Crippen LogP contribution in [0.2, 0.25) is 0 Å².